The molecule has 0 unspecified atom stereocenters. The van der Waals surface area contributed by atoms with Gasteiger partial charge in [-0.15, -0.1) is 0 Å². The summed E-state index contributed by atoms with van der Waals surface area (Å²) in [5, 5.41) is 11.6. The zero-order valence-corrected chi connectivity index (χ0v) is 10.3. The van der Waals surface area contributed by atoms with E-state index in [1.165, 1.54) is 30.5 Å². The van der Waals surface area contributed by atoms with Crippen molar-refractivity contribution in [3.63, 3.8) is 0 Å². The summed E-state index contributed by atoms with van der Waals surface area (Å²) >= 11 is 5.91. The van der Waals surface area contributed by atoms with Gasteiger partial charge in [-0.2, -0.15) is 9.65 Å². The molecule has 1 aromatic heterocycles. The van der Waals surface area contributed by atoms with E-state index in [0.29, 0.717) is 16.3 Å². The van der Waals surface area contributed by atoms with Gasteiger partial charge in [0.2, 0.25) is 5.95 Å². The Morgan fingerprint density at radius 2 is 2.16 bits per heavy atom. The Kier molecular flexibility index (Phi) is 3.74. The average molecular weight is 276 g/mol. The van der Waals surface area contributed by atoms with E-state index >= 15 is 0 Å². The Morgan fingerprint density at radius 1 is 1.37 bits per heavy atom. The number of pyridine rings is 1. The molecule has 19 heavy (non-hydrogen) atoms. The Labute approximate surface area is 113 Å². The average Bonchev–Trinajstić information content (AvgIpc) is 2.41. The molecule has 0 radical (unpaired) electrons. The highest BCUT2D eigenvalue weighted by Crippen LogP contribution is 2.23. The zero-order chi connectivity index (χ0) is 13.8. The molecule has 0 saturated carbocycles. The topological polar surface area (TPSA) is 65.8 Å². The quantitative estimate of drug-likeness (QED) is 0.857. The van der Waals surface area contributed by atoms with Crippen molar-refractivity contribution in [1.29, 1.82) is 5.26 Å². The van der Waals surface area contributed by atoms with Crippen LogP contribution in [0.15, 0.2) is 36.5 Å². The van der Waals surface area contributed by atoms with Crippen molar-refractivity contribution in [2.75, 3.05) is 5.32 Å². The van der Waals surface area contributed by atoms with Gasteiger partial charge in [-0.1, -0.05) is 11.6 Å². The maximum absolute atomic E-state index is 12.9. The number of hydrogen-bond donors (Lipinski definition) is 1. The minimum Gasteiger partial charge on any atom is -0.321 e. The molecule has 0 fully saturated rings. The summed E-state index contributed by atoms with van der Waals surface area (Å²) in [4.78, 5) is 15.2. The number of nitriles is 1. The molecule has 4 nitrogen and oxygen atoms in total. The highest BCUT2D eigenvalue weighted by atomic mass is 35.5. The van der Waals surface area contributed by atoms with Gasteiger partial charge in [-0.25, -0.2) is 4.98 Å². The number of hydrogen-bond acceptors (Lipinski definition) is 3. The highest BCUT2D eigenvalue weighted by molar-refractivity contribution is 6.34. The number of benzene rings is 1. The summed E-state index contributed by atoms with van der Waals surface area (Å²) in [5.74, 6) is -1.28. The number of halogens is 2. The van der Waals surface area contributed by atoms with Gasteiger partial charge in [0.05, 0.1) is 22.3 Å². The number of anilines is 1. The van der Waals surface area contributed by atoms with E-state index in [2.05, 4.69) is 10.3 Å². The van der Waals surface area contributed by atoms with E-state index < -0.39 is 11.9 Å². The Morgan fingerprint density at radius 3 is 2.84 bits per heavy atom. The van der Waals surface area contributed by atoms with Crippen molar-refractivity contribution >= 4 is 23.2 Å². The fraction of sp³-hybridized carbons (Fsp3) is 0. The van der Waals surface area contributed by atoms with E-state index in [-0.39, 0.29) is 5.56 Å². The molecule has 1 amide bonds. The van der Waals surface area contributed by atoms with Crippen LogP contribution in [0.1, 0.15) is 15.9 Å². The van der Waals surface area contributed by atoms with Gasteiger partial charge in [-0.3, -0.25) is 4.79 Å². The van der Waals surface area contributed by atoms with Crippen LogP contribution in [0.5, 0.6) is 0 Å². The van der Waals surface area contributed by atoms with Crippen LogP contribution in [0, 0.1) is 17.3 Å². The fourth-order valence-corrected chi connectivity index (χ4v) is 1.59. The Balaban J connectivity index is 2.27. The molecule has 0 saturated heterocycles. The van der Waals surface area contributed by atoms with Gasteiger partial charge in [0.25, 0.3) is 5.91 Å². The van der Waals surface area contributed by atoms with Crippen molar-refractivity contribution in [3.05, 3.63) is 58.6 Å². The maximum atomic E-state index is 12.9. The first kappa shape index (κ1) is 13.0. The third-order valence-electron chi connectivity index (χ3n) is 2.33. The number of amides is 1. The lowest BCUT2D eigenvalue weighted by Gasteiger charge is -2.07. The van der Waals surface area contributed by atoms with Gasteiger partial charge in [0, 0.05) is 17.8 Å². The molecule has 0 aliphatic heterocycles. The van der Waals surface area contributed by atoms with Crippen molar-refractivity contribution in [2.45, 2.75) is 0 Å². The number of carbonyl (C=O) groups is 1. The summed E-state index contributed by atoms with van der Waals surface area (Å²) < 4.78 is 12.9. The van der Waals surface area contributed by atoms with Gasteiger partial charge in [0.15, 0.2) is 0 Å². The number of nitrogens with one attached hydrogen (secondary N) is 1. The van der Waals surface area contributed by atoms with E-state index in [9.17, 15) is 9.18 Å². The van der Waals surface area contributed by atoms with Crippen LogP contribution < -0.4 is 5.32 Å². The van der Waals surface area contributed by atoms with Crippen molar-refractivity contribution in [3.8, 4) is 6.07 Å². The Bertz CT molecular complexity index is 682. The van der Waals surface area contributed by atoms with Crippen LogP contribution in [0.3, 0.4) is 0 Å². The predicted molar refractivity (Wildman–Crippen MR) is 68.3 cm³/mol. The number of carbonyl (C=O) groups excluding carboxylic acids is 1. The lowest BCUT2D eigenvalue weighted by molar-refractivity contribution is 0.102. The van der Waals surface area contributed by atoms with Crippen LogP contribution in [-0.2, 0) is 0 Å². The first-order chi connectivity index (χ1) is 9.10. The molecule has 94 valence electrons. The molecule has 0 atom stereocenters. The summed E-state index contributed by atoms with van der Waals surface area (Å²) in [5.41, 5.74) is 0.773. The van der Waals surface area contributed by atoms with Gasteiger partial charge >= 0.3 is 0 Å². The molecule has 0 spiro atoms. The third kappa shape index (κ3) is 3.06. The second kappa shape index (κ2) is 5.46. The van der Waals surface area contributed by atoms with Crippen molar-refractivity contribution < 1.29 is 9.18 Å². The molecule has 1 N–H and O–H groups in total. The van der Waals surface area contributed by atoms with E-state index in [4.69, 9.17) is 16.9 Å². The molecule has 0 aliphatic carbocycles. The van der Waals surface area contributed by atoms with Crippen molar-refractivity contribution in [2.24, 2.45) is 0 Å². The van der Waals surface area contributed by atoms with Crippen molar-refractivity contribution in [1.82, 2.24) is 4.98 Å². The standard InChI is InChI=1S/C13H7ClFN3O/c14-10-2-1-8(7-16)5-11(10)18-13(19)9-3-4-17-12(15)6-9/h1-6H,(H,18,19). The zero-order valence-electron chi connectivity index (χ0n) is 9.52. The van der Waals surface area contributed by atoms with E-state index in [1.54, 1.807) is 0 Å². The first-order valence-corrected chi connectivity index (χ1v) is 5.60. The normalized spacial score (nSPS) is 9.74. The van der Waals surface area contributed by atoms with E-state index in [0.717, 1.165) is 6.07 Å². The number of nitrogens with zero attached hydrogens (tertiary/aromatic N) is 2. The van der Waals surface area contributed by atoms with Crippen LogP contribution in [0.2, 0.25) is 5.02 Å². The minimum absolute atomic E-state index is 0.117. The lowest BCUT2D eigenvalue weighted by atomic mass is 10.2. The molecular formula is C13H7ClFN3O. The van der Waals surface area contributed by atoms with Gasteiger partial charge < -0.3 is 5.32 Å². The Hall–Kier alpha value is -2.45. The molecular weight excluding hydrogens is 269 g/mol. The summed E-state index contributed by atoms with van der Waals surface area (Å²) in [6.07, 6.45) is 1.19. The predicted octanol–water partition coefficient (Wildman–Crippen LogP) is 3.00. The number of rotatable bonds is 2. The molecule has 2 rings (SSSR count). The van der Waals surface area contributed by atoms with Crippen LogP contribution in [-0.4, -0.2) is 10.9 Å². The second-order valence-electron chi connectivity index (χ2n) is 3.63. The fourth-order valence-electron chi connectivity index (χ4n) is 1.43. The summed E-state index contributed by atoms with van der Waals surface area (Å²) in [6.45, 7) is 0. The largest absolute Gasteiger partial charge is 0.321 e. The minimum atomic E-state index is -0.746. The van der Waals surface area contributed by atoms with E-state index in [1.807, 2.05) is 6.07 Å². The summed E-state index contributed by atoms with van der Waals surface area (Å²) in [7, 11) is 0. The van der Waals surface area contributed by atoms with Crippen LogP contribution in [0.25, 0.3) is 0 Å². The molecule has 1 aromatic carbocycles. The van der Waals surface area contributed by atoms with Gasteiger partial charge in [0.1, 0.15) is 0 Å². The smallest absolute Gasteiger partial charge is 0.255 e. The molecule has 0 bridgehead atoms. The second-order valence-corrected chi connectivity index (χ2v) is 4.03. The SMILES string of the molecule is N#Cc1ccc(Cl)c(NC(=O)c2ccnc(F)c2)c1. The maximum Gasteiger partial charge on any atom is 0.255 e. The van der Waals surface area contributed by atoms with Gasteiger partial charge in [-0.05, 0) is 24.3 Å². The molecule has 0 aliphatic rings. The first-order valence-electron chi connectivity index (χ1n) is 5.22. The summed E-state index contributed by atoms with van der Waals surface area (Å²) in [6, 6.07) is 8.80. The molecule has 6 heteroatoms. The van der Waals surface area contributed by atoms with Crippen LogP contribution in [0.4, 0.5) is 10.1 Å². The monoisotopic (exact) mass is 275 g/mol. The molecule has 1 heterocycles. The lowest BCUT2D eigenvalue weighted by Crippen LogP contribution is -2.12. The number of aromatic nitrogens is 1. The highest BCUT2D eigenvalue weighted by Gasteiger charge is 2.10. The molecule has 2 aromatic rings. The van der Waals surface area contributed by atoms with Crippen LogP contribution >= 0.6 is 11.6 Å². The third-order valence-corrected chi connectivity index (χ3v) is 2.66.